The van der Waals surface area contributed by atoms with Crippen LogP contribution in [0, 0.1) is 6.92 Å². The van der Waals surface area contributed by atoms with E-state index in [-0.39, 0.29) is 6.04 Å². The molecule has 3 heteroatoms. The van der Waals surface area contributed by atoms with Gasteiger partial charge in [0.25, 0.3) is 0 Å². The Morgan fingerprint density at radius 1 is 1.21 bits per heavy atom. The molecule has 1 atom stereocenters. The van der Waals surface area contributed by atoms with Crippen molar-refractivity contribution in [2.75, 3.05) is 6.54 Å². The van der Waals surface area contributed by atoms with Crippen molar-refractivity contribution in [3.8, 4) is 0 Å². The summed E-state index contributed by atoms with van der Waals surface area (Å²) in [4.78, 5) is 8.71. The zero-order chi connectivity index (χ0) is 13.5. The van der Waals surface area contributed by atoms with E-state index in [1.165, 1.54) is 11.1 Å². The SMILES string of the molecule is CCCNC(Cc1ncccc1C)c1cccnc1. The largest absolute Gasteiger partial charge is 0.310 e. The molecule has 0 amide bonds. The van der Waals surface area contributed by atoms with Gasteiger partial charge in [0, 0.05) is 36.7 Å². The zero-order valence-electron chi connectivity index (χ0n) is 11.6. The third-order valence-corrected chi connectivity index (χ3v) is 3.24. The van der Waals surface area contributed by atoms with E-state index in [1.807, 2.05) is 30.7 Å². The monoisotopic (exact) mass is 255 g/mol. The lowest BCUT2D eigenvalue weighted by Crippen LogP contribution is -2.24. The highest BCUT2D eigenvalue weighted by molar-refractivity contribution is 5.22. The van der Waals surface area contributed by atoms with E-state index < -0.39 is 0 Å². The van der Waals surface area contributed by atoms with Crippen molar-refractivity contribution < 1.29 is 0 Å². The average molecular weight is 255 g/mol. The van der Waals surface area contributed by atoms with Crippen LogP contribution in [0.2, 0.25) is 0 Å². The van der Waals surface area contributed by atoms with Crippen LogP contribution in [0.1, 0.15) is 36.2 Å². The van der Waals surface area contributed by atoms with E-state index in [9.17, 15) is 0 Å². The number of hydrogen-bond acceptors (Lipinski definition) is 3. The maximum absolute atomic E-state index is 4.49. The van der Waals surface area contributed by atoms with Crippen LogP contribution in [0.25, 0.3) is 0 Å². The standard InChI is InChI=1S/C16H21N3/c1-3-8-18-16(14-7-5-9-17-12-14)11-15-13(2)6-4-10-19-15/h4-7,9-10,12,16,18H,3,8,11H2,1-2H3. The highest BCUT2D eigenvalue weighted by Crippen LogP contribution is 2.18. The molecule has 0 aromatic carbocycles. The molecule has 0 radical (unpaired) electrons. The van der Waals surface area contributed by atoms with Gasteiger partial charge in [0.2, 0.25) is 0 Å². The zero-order valence-corrected chi connectivity index (χ0v) is 11.6. The van der Waals surface area contributed by atoms with Gasteiger partial charge in [0.05, 0.1) is 0 Å². The third-order valence-electron chi connectivity index (χ3n) is 3.24. The first-order valence-electron chi connectivity index (χ1n) is 6.85. The molecular weight excluding hydrogens is 234 g/mol. The Balaban J connectivity index is 2.17. The van der Waals surface area contributed by atoms with Gasteiger partial charge in [-0.05, 0) is 43.1 Å². The smallest absolute Gasteiger partial charge is 0.0451 e. The highest BCUT2D eigenvalue weighted by atomic mass is 14.9. The molecule has 0 bridgehead atoms. The Bertz CT molecular complexity index is 496. The lowest BCUT2D eigenvalue weighted by Gasteiger charge is -2.19. The first-order chi connectivity index (χ1) is 9.31. The van der Waals surface area contributed by atoms with Gasteiger partial charge in [-0.2, -0.15) is 0 Å². The average Bonchev–Trinajstić information content (AvgIpc) is 2.46. The summed E-state index contributed by atoms with van der Waals surface area (Å²) < 4.78 is 0. The minimum Gasteiger partial charge on any atom is -0.310 e. The van der Waals surface area contributed by atoms with Crippen LogP contribution >= 0.6 is 0 Å². The quantitative estimate of drug-likeness (QED) is 0.862. The van der Waals surface area contributed by atoms with Crippen LogP contribution in [0.15, 0.2) is 42.9 Å². The van der Waals surface area contributed by atoms with Crippen molar-refractivity contribution in [3.63, 3.8) is 0 Å². The molecule has 2 heterocycles. The molecule has 1 N–H and O–H groups in total. The van der Waals surface area contributed by atoms with Gasteiger partial charge in [-0.1, -0.05) is 19.1 Å². The number of nitrogens with zero attached hydrogens (tertiary/aromatic N) is 2. The van der Waals surface area contributed by atoms with Crippen LogP contribution in [0.4, 0.5) is 0 Å². The van der Waals surface area contributed by atoms with E-state index in [4.69, 9.17) is 0 Å². The molecule has 0 fully saturated rings. The summed E-state index contributed by atoms with van der Waals surface area (Å²) in [6.45, 7) is 5.30. The Hall–Kier alpha value is -1.74. The molecule has 0 aliphatic rings. The Kier molecular flexibility index (Phi) is 5.04. The first kappa shape index (κ1) is 13.7. The lowest BCUT2D eigenvalue weighted by molar-refractivity contribution is 0.522. The van der Waals surface area contributed by atoms with Crippen molar-refractivity contribution >= 4 is 0 Å². The summed E-state index contributed by atoms with van der Waals surface area (Å²) in [6, 6.07) is 8.49. The second-order valence-corrected chi connectivity index (χ2v) is 4.76. The molecule has 0 aliphatic heterocycles. The van der Waals surface area contributed by atoms with Crippen molar-refractivity contribution in [1.82, 2.24) is 15.3 Å². The summed E-state index contributed by atoms with van der Waals surface area (Å²) in [6.07, 6.45) is 7.64. The molecule has 19 heavy (non-hydrogen) atoms. The van der Waals surface area contributed by atoms with Gasteiger partial charge in [-0.25, -0.2) is 0 Å². The number of hydrogen-bond donors (Lipinski definition) is 1. The summed E-state index contributed by atoms with van der Waals surface area (Å²) >= 11 is 0. The molecule has 2 aromatic rings. The van der Waals surface area contributed by atoms with Crippen molar-refractivity contribution in [3.05, 3.63) is 59.7 Å². The van der Waals surface area contributed by atoms with Gasteiger partial charge < -0.3 is 5.32 Å². The maximum atomic E-state index is 4.49. The minimum absolute atomic E-state index is 0.280. The van der Waals surface area contributed by atoms with E-state index in [0.717, 1.165) is 25.1 Å². The molecule has 0 aliphatic carbocycles. The summed E-state index contributed by atoms with van der Waals surface area (Å²) in [5.74, 6) is 0. The highest BCUT2D eigenvalue weighted by Gasteiger charge is 2.13. The Morgan fingerprint density at radius 2 is 2.05 bits per heavy atom. The van der Waals surface area contributed by atoms with Gasteiger partial charge in [-0.3, -0.25) is 9.97 Å². The first-order valence-corrected chi connectivity index (χ1v) is 6.85. The molecule has 0 spiro atoms. The maximum Gasteiger partial charge on any atom is 0.0451 e. The molecule has 3 nitrogen and oxygen atoms in total. The third kappa shape index (κ3) is 3.86. The second kappa shape index (κ2) is 7.00. The Morgan fingerprint density at radius 3 is 2.74 bits per heavy atom. The Labute approximate surface area is 115 Å². The van der Waals surface area contributed by atoms with Crippen LogP contribution in [0.5, 0.6) is 0 Å². The topological polar surface area (TPSA) is 37.8 Å². The predicted molar refractivity (Wildman–Crippen MR) is 77.9 cm³/mol. The molecule has 1 unspecified atom stereocenters. The molecule has 2 aromatic heterocycles. The number of rotatable bonds is 6. The van der Waals surface area contributed by atoms with Crippen LogP contribution in [-0.2, 0) is 6.42 Å². The molecular formula is C16H21N3. The summed E-state index contributed by atoms with van der Waals surface area (Å²) in [5, 5.41) is 3.58. The fourth-order valence-corrected chi connectivity index (χ4v) is 2.13. The van der Waals surface area contributed by atoms with Gasteiger partial charge >= 0.3 is 0 Å². The predicted octanol–water partition coefficient (Wildman–Crippen LogP) is 3.07. The van der Waals surface area contributed by atoms with Crippen molar-refractivity contribution in [2.45, 2.75) is 32.7 Å². The molecule has 100 valence electrons. The van der Waals surface area contributed by atoms with E-state index in [1.54, 1.807) is 0 Å². The van der Waals surface area contributed by atoms with Crippen molar-refractivity contribution in [2.24, 2.45) is 0 Å². The van der Waals surface area contributed by atoms with Gasteiger partial charge in [0.15, 0.2) is 0 Å². The summed E-state index contributed by atoms with van der Waals surface area (Å²) in [7, 11) is 0. The molecule has 0 saturated heterocycles. The second-order valence-electron chi connectivity index (χ2n) is 4.76. The fourth-order valence-electron chi connectivity index (χ4n) is 2.13. The minimum atomic E-state index is 0.280. The van der Waals surface area contributed by atoms with Crippen LogP contribution in [0.3, 0.4) is 0 Å². The molecule has 0 saturated carbocycles. The van der Waals surface area contributed by atoms with Crippen molar-refractivity contribution in [1.29, 1.82) is 0 Å². The van der Waals surface area contributed by atoms with E-state index in [2.05, 4.69) is 41.3 Å². The van der Waals surface area contributed by atoms with Crippen LogP contribution in [-0.4, -0.2) is 16.5 Å². The number of pyridine rings is 2. The van der Waals surface area contributed by atoms with Gasteiger partial charge in [0.1, 0.15) is 0 Å². The number of nitrogens with one attached hydrogen (secondary N) is 1. The van der Waals surface area contributed by atoms with E-state index in [0.29, 0.717) is 0 Å². The molecule has 2 rings (SSSR count). The number of aromatic nitrogens is 2. The normalized spacial score (nSPS) is 12.3. The van der Waals surface area contributed by atoms with Gasteiger partial charge in [-0.15, -0.1) is 0 Å². The fraction of sp³-hybridized carbons (Fsp3) is 0.375. The van der Waals surface area contributed by atoms with E-state index >= 15 is 0 Å². The van der Waals surface area contributed by atoms with Crippen LogP contribution < -0.4 is 5.32 Å². The number of aryl methyl sites for hydroxylation is 1. The summed E-state index contributed by atoms with van der Waals surface area (Å²) in [5.41, 5.74) is 3.62. The lowest BCUT2D eigenvalue weighted by atomic mass is 10.0.